The van der Waals surface area contributed by atoms with E-state index in [0.717, 1.165) is 17.1 Å². The number of carbonyl (C=O) groups excluding carboxylic acids is 1. The molecule has 1 aliphatic rings. The van der Waals surface area contributed by atoms with Gasteiger partial charge in [-0.25, -0.2) is 9.97 Å². The van der Waals surface area contributed by atoms with Crippen molar-refractivity contribution in [2.45, 2.75) is 0 Å². The van der Waals surface area contributed by atoms with Crippen LogP contribution in [0, 0.1) is 0 Å². The number of halogens is 2. The molecule has 36 heavy (non-hydrogen) atoms. The number of hydrogen-bond donors (Lipinski definition) is 1. The van der Waals surface area contributed by atoms with Gasteiger partial charge in [0.2, 0.25) is 5.91 Å². The van der Waals surface area contributed by atoms with E-state index in [-0.39, 0.29) is 12.5 Å². The van der Waals surface area contributed by atoms with E-state index in [9.17, 15) is 4.79 Å². The minimum absolute atomic E-state index is 0.00221. The normalized spacial score (nSPS) is 13.8. The molecule has 0 bridgehead atoms. The Morgan fingerprint density at radius 2 is 1.78 bits per heavy atom. The smallest absolute Gasteiger partial charge is 0.242 e. The standard InChI is InChI=1S/C24H25Cl2N9O/c1-32(2)19-4-3-16(11-29-19)22-24(35-6-5-27-14-20(35)31-22)30-15-21(36)33-7-9-34(10-8-33)23-17(25)12-28-13-18(23)26/h3-6,11-14,30H,7-10,15H2,1-2H3. The number of nitrogens with one attached hydrogen (secondary N) is 1. The van der Waals surface area contributed by atoms with Crippen LogP contribution in [0.3, 0.4) is 0 Å². The zero-order valence-corrected chi connectivity index (χ0v) is 21.4. The molecule has 1 fully saturated rings. The van der Waals surface area contributed by atoms with Crippen molar-refractivity contribution in [2.75, 3.05) is 61.9 Å². The highest BCUT2D eigenvalue weighted by molar-refractivity contribution is 6.38. The van der Waals surface area contributed by atoms with E-state index in [1.165, 1.54) is 0 Å². The van der Waals surface area contributed by atoms with E-state index in [1.807, 2.05) is 46.6 Å². The SMILES string of the molecule is CN(C)c1ccc(-c2nc3cnccn3c2NCC(=O)N2CCN(c3c(Cl)cncc3Cl)CC2)cn1. The highest BCUT2D eigenvalue weighted by atomic mass is 35.5. The van der Waals surface area contributed by atoms with Crippen LogP contribution >= 0.6 is 23.2 Å². The fourth-order valence-electron chi connectivity index (χ4n) is 4.22. The monoisotopic (exact) mass is 525 g/mol. The molecule has 4 aromatic rings. The zero-order chi connectivity index (χ0) is 25.2. The summed E-state index contributed by atoms with van der Waals surface area (Å²) in [6.07, 6.45) is 10.1. The third kappa shape index (κ3) is 4.74. The molecule has 0 unspecified atom stereocenters. The summed E-state index contributed by atoms with van der Waals surface area (Å²) in [5.41, 5.74) is 3.00. The number of nitrogens with zero attached hydrogens (tertiary/aromatic N) is 8. The Labute approximate surface area is 218 Å². The summed E-state index contributed by atoms with van der Waals surface area (Å²) in [5, 5.41) is 4.32. The van der Waals surface area contributed by atoms with E-state index < -0.39 is 0 Å². The Bertz CT molecular complexity index is 1360. The van der Waals surface area contributed by atoms with E-state index in [1.54, 1.807) is 31.0 Å². The fraction of sp³-hybridized carbons (Fsp3) is 0.292. The molecule has 4 aromatic heterocycles. The van der Waals surface area contributed by atoms with Crippen molar-refractivity contribution < 1.29 is 4.79 Å². The van der Waals surface area contributed by atoms with Crippen molar-refractivity contribution in [1.82, 2.24) is 29.2 Å². The molecule has 0 atom stereocenters. The second-order valence-electron chi connectivity index (χ2n) is 8.59. The quantitative estimate of drug-likeness (QED) is 0.409. The van der Waals surface area contributed by atoms with Crippen LogP contribution in [0.15, 0.2) is 49.3 Å². The summed E-state index contributed by atoms with van der Waals surface area (Å²) in [6, 6.07) is 3.91. The summed E-state index contributed by atoms with van der Waals surface area (Å²) >= 11 is 12.6. The van der Waals surface area contributed by atoms with Gasteiger partial charge < -0.3 is 20.0 Å². The van der Waals surface area contributed by atoms with E-state index in [2.05, 4.69) is 25.2 Å². The first kappa shape index (κ1) is 24.1. The number of piperazine rings is 1. The molecular formula is C24H25Cl2N9O. The van der Waals surface area contributed by atoms with Crippen molar-refractivity contribution >= 4 is 52.1 Å². The average molecular weight is 526 g/mol. The van der Waals surface area contributed by atoms with Crippen LogP contribution in [0.2, 0.25) is 10.0 Å². The van der Waals surface area contributed by atoms with Crippen molar-refractivity contribution in [3.8, 4) is 11.3 Å². The van der Waals surface area contributed by atoms with Gasteiger partial charge >= 0.3 is 0 Å². The number of hydrogen-bond acceptors (Lipinski definition) is 8. The summed E-state index contributed by atoms with van der Waals surface area (Å²) < 4.78 is 1.89. The third-order valence-electron chi connectivity index (χ3n) is 6.09. The first-order chi connectivity index (χ1) is 17.4. The highest BCUT2D eigenvalue weighted by Crippen LogP contribution is 2.33. The number of amides is 1. The zero-order valence-electron chi connectivity index (χ0n) is 19.9. The van der Waals surface area contributed by atoms with Crippen LogP contribution in [0.25, 0.3) is 16.9 Å². The largest absolute Gasteiger partial charge is 0.365 e. The predicted octanol–water partition coefficient (Wildman–Crippen LogP) is 3.32. The third-order valence-corrected chi connectivity index (χ3v) is 6.65. The molecule has 0 aromatic carbocycles. The van der Waals surface area contributed by atoms with Gasteiger partial charge in [0.1, 0.15) is 17.3 Å². The molecule has 186 valence electrons. The number of carbonyl (C=O) groups is 1. The molecule has 5 heterocycles. The number of fused-ring (bicyclic) bond motifs is 1. The van der Waals surface area contributed by atoms with Gasteiger partial charge in [0, 0.05) is 76.8 Å². The minimum atomic E-state index is -0.00221. The second kappa shape index (κ2) is 10.2. The Morgan fingerprint density at radius 3 is 2.44 bits per heavy atom. The minimum Gasteiger partial charge on any atom is -0.365 e. The lowest BCUT2D eigenvalue weighted by Crippen LogP contribution is -2.50. The summed E-state index contributed by atoms with van der Waals surface area (Å²) in [6.45, 7) is 2.52. The molecule has 1 amide bonds. The Hall–Kier alpha value is -3.63. The predicted molar refractivity (Wildman–Crippen MR) is 142 cm³/mol. The molecular weight excluding hydrogens is 501 g/mol. The molecule has 0 spiro atoms. The number of rotatable bonds is 6. The Morgan fingerprint density at radius 1 is 1.03 bits per heavy atom. The first-order valence-corrected chi connectivity index (χ1v) is 12.2. The number of imidazole rings is 1. The highest BCUT2D eigenvalue weighted by Gasteiger charge is 2.24. The molecule has 12 heteroatoms. The van der Waals surface area contributed by atoms with Crippen LogP contribution in [0.1, 0.15) is 0 Å². The van der Waals surface area contributed by atoms with Gasteiger partial charge in [-0.1, -0.05) is 23.2 Å². The topological polar surface area (TPSA) is 94.8 Å². The molecule has 1 aliphatic heterocycles. The van der Waals surface area contributed by atoms with Crippen LogP contribution in [0.4, 0.5) is 17.3 Å². The number of pyridine rings is 2. The van der Waals surface area contributed by atoms with Crippen LogP contribution in [0.5, 0.6) is 0 Å². The van der Waals surface area contributed by atoms with Gasteiger partial charge in [0.25, 0.3) is 0 Å². The van der Waals surface area contributed by atoms with Gasteiger partial charge in [0.05, 0.1) is 28.5 Å². The maximum absolute atomic E-state index is 13.1. The van der Waals surface area contributed by atoms with Gasteiger partial charge in [0.15, 0.2) is 5.65 Å². The van der Waals surface area contributed by atoms with Crippen molar-refractivity contribution in [1.29, 1.82) is 0 Å². The summed E-state index contributed by atoms with van der Waals surface area (Å²) in [5.74, 6) is 1.56. The summed E-state index contributed by atoms with van der Waals surface area (Å²) in [4.78, 5) is 36.4. The number of anilines is 3. The lowest BCUT2D eigenvalue weighted by atomic mass is 10.2. The van der Waals surface area contributed by atoms with E-state index in [4.69, 9.17) is 28.2 Å². The average Bonchev–Trinajstić information content (AvgIpc) is 3.26. The lowest BCUT2D eigenvalue weighted by molar-refractivity contribution is -0.129. The van der Waals surface area contributed by atoms with Gasteiger partial charge in [-0.15, -0.1) is 0 Å². The second-order valence-corrected chi connectivity index (χ2v) is 9.40. The molecule has 1 N–H and O–H groups in total. The lowest BCUT2D eigenvalue weighted by Gasteiger charge is -2.36. The number of aromatic nitrogens is 5. The molecule has 5 rings (SSSR count). The molecule has 0 saturated carbocycles. The van der Waals surface area contributed by atoms with Gasteiger partial charge in [-0.2, -0.15) is 0 Å². The van der Waals surface area contributed by atoms with Crippen LogP contribution < -0.4 is 15.1 Å². The maximum Gasteiger partial charge on any atom is 0.242 e. The molecule has 0 aliphatic carbocycles. The van der Waals surface area contributed by atoms with Crippen molar-refractivity contribution in [3.05, 3.63) is 59.4 Å². The molecule has 10 nitrogen and oxygen atoms in total. The first-order valence-electron chi connectivity index (χ1n) is 11.4. The van der Waals surface area contributed by atoms with E-state index >= 15 is 0 Å². The van der Waals surface area contributed by atoms with Gasteiger partial charge in [-0.05, 0) is 12.1 Å². The van der Waals surface area contributed by atoms with E-state index in [0.29, 0.717) is 53.4 Å². The Balaban J connectivity index is 1.30. The van der Waals surface area contributed by atoms with Crippen LogP contribution in [-0.4, -0.2) is 82.0 Å². The fourth-order valence-corrected chi connectivity index (χ4v) is 4.83. The van der Waals surface area contributed by atoms with Crippen molar-refractivity contribution in [2.24, 2.45) is 0 Å². The summed E-state index contributed by atoms with van der Waals surface area (Å²) in [7, 11) is 3.88. The van der Waals surface area contributed by atoms with Crippen molar-refractivity contribution in [3.63, 3.8) is 0 Å². The molecule has 0 radical (unpaired) electrons. The van der Waals surface area contributed by atoms with Gasteiger partial charge in [-0.3, -0.25) is 19.2 Å². The Kier molecular flexibility index (Phi) is 6.80. The van der Waals surface area contributed by atoms with Crippen LogP contribution in [-0.2, 0) is 4.79 Å². The molecule has 1 saturated heterocycles. The maximum atomic E-state index is 13.1.